The third-order valence-electron chi connectivity index (χ3n) is 6.69. The number of hydrogen-bond acceptors (Lipinski definition) is 4. The maximum Gasteiger partial charge on any atom is 0.264 e. The van der Waals surface area contributed by atoms with Crippen molar-refractivity contribution in [3.05, 3.63) is 58.6 Å². The molecule has 30 heavy (non-hydrogen) atoms. The van der Waals surface area contributed by atoms with Crippen LogP contribution < -0.4 is 14.9 Å². The first-order chi connectivity index (χ1) is 14.5. The van der Waals surface area contributed by atoms with Crippen LogP contribution in [0.4, 0.5) is 5.69 Å². The molecule has 2 atom stereocenters. The van der Waals surface area contributed by atoms with Gasteiger partial charge in [0.15, 0.2) is 0 Å². The fraction of sp³-hybridized carbons (Fsp3) is 0.478. The molecular weight excluding hydrogens is 418 g/mol. The summed E-state index contributed by atoms with van der Waals surface area (Å²) in [4.78, 5) is 0.247. The van der Waals surface area contributed by atoms with E-state index in [2.05, 4.69) is 22.8 Å². The lowest BCUT2D eigenvalue weighted by Gasteiger charge is -2.23. The number of sulfonamides is 1. The number of anilines is 1. The van der Waals surface area contributed by atoms with Crippen LogP contribution in [0.2, 0.25) is 5.02 Å². The molecular formula is C23H28ClN3O2S. The quantitative estimate of drug-likeness (QED) is 0.714. The van der Waals surface area contributed by atoms with Gasteiger partial charge in [-0.3, -0.25) is 4.31 Å². The molecule has 7 heteroatoms. The predicted molar refractivity (Wildman–Crippen MR) is 121 cm³/mol. The molecule has 3 aliphatic rings. The van der Waals surface area contributed by atoms with Crippen LogP contribution in [0.5, 0.6) is 0 Å². The van der Waals surface area contributed by atoms with Gasteiger partial charge in [-0.15, -0.1) is 0 Å². The molecule has 0 amide bonds. The van der Waals surface area contributed by atoms with Crippen molar-refractivity contribution < 1.29 is 8.42 Å². The fourth-order valence-electron chi connectivity index (χ4n) is 4.82. The Morgan fingerprint density at radius 2 is 1.97 bits per heavy atom. The summed E-state index contributed by atoms with van der Waals surface area (Å²) in [7, 11) is -3.59. The van der Waals surface area contributed by atoms with E-state index in [1.165, 1.54) is 35.2 Å². The Morgan fingerprint density at radius 1 is 1.13 bits per heavy atom. The lowest BCUT2D eigenvalue weighted by molar-refractivity contribution is 0.355. The molecule has 2 fully saturated rings. The average Bonchev–Trinajstić information content (AvgIpc) is 3.41. The van der Waals surface area contributed by atoms with Gasteiger partial charge in [0.1, 0.15) is 0 Å². The van der Waals surface area contributed by atoms with Crippen LogP contribution in [-0.2, 0) is 16.4 Å². The molecule has 0 radical (unpaired) electrons. The van der Waals surface area contributed by atoms with Crippen LogP contribution in [0.25, 0.3) is 0 Å². The third kappa shape index (κ3) is 3.98. The Kier molecular flexibility index (Phi) is 5.52. The van der Waals surface area contributed by atoms with Crippen LogP contribution >= 0.6 is 11.6 Å². The fourth-order valence-corrected chi connectivity index (χ4v) is 6.62. The number of nitrogens with one attached hydrogen (secondary N) is 2. The van der Waals surface area contributed by atoms with E-state index in [4.69, 9.17) is 11.6 Å². The summed E-state index contributed by atoms with van der Waals surface area (Å²) < 4.78 is 27.8. The summed E-state index contributed by atoms with van der Waals surface area (Å²) in [6.07, 6.45) is 4.46. The summed E-state index contributed by atoms with van der Waals surface area (Å²) in [6.45, 7) is 3.87. The molecule has 1 saturated heterocycles. The highest BCUT2D eigenvalue weighted by Gasteiger charge is 2.39. The smallest absolute Gasteiger partial charge is 0.264 e. The van der Waals surface area contributed by atoms with Crippen LogP contribution in [0.3, 0.4) is 0 Å². The molecule has 160 valence electrons. The van der Waals surface area contributed by atoms with Gasteiger partial charge in [-0.1, -0.05) is 29.8 Å². The van der Waals surface area contributed by atoms with Crippen molar-refractivity contribution in [1.29, 1.82) is 0 Å². The predicted octanol–water partition coefficient (Wildman–Crippen LogP) is 3.54. The van der Waals surface area contributed by atoms with Crippen LogP contribution in [0.1, 0.15) is 36.3 Å². The van der Waals surface area contributed by atoms with Gasteiger partial charge in [-0.05, 0) is 86.6 Å². The minimum absolute atomic E-state index is 0.247. The molecule has 2 heterocycles. The van der Waals surface area contributed by atoms with Crippen molar-refractivity contribution in [3.63, 3.8) is 0 Å². The number of fused-ring (bicyclic) bond motifs is 1. The van der Waals surface area contributed by atoms with Gasteiger partial charge >= 0.3 is 0 Å². The van der Waals surface area contributed by atoms with Crippen molar-refractivity contribution in [3.8, 4) is 0 Å². The molecule has 0 aromatic heterocycles. The number of rotatable bonds is 6. The van der Waals surface area contributed by atoms with E-state index in [1.807, 2.05) is 6.07 Å². The Hall–Kier alpha value is -1.60. The molecule has 0 spiro atoms. The number of nitrogens with zero attached hydrogens (tertiary/aromatic N) is 1. The molecule has 5 rings (SSSR count). The van der Waals surface area contributed by atoms with E-state index in [9.17, 15) is 8.42 Å². The highest BCUT2D eigenvalue weighted by atomic mass is 35.5. The maximum atomic E-state index is 13.1. The second-order valence-electron chi connectivity index (χ2n) is 8.72. The number of hydrogen-bond donors (Lipinski definition) is 2. The zero-order valence-electron chi connectivity index (χ0n) is 17.0. The first-order valence-electron chi connectivity index (χ1n) is 10.9. The standard InChI is InChI=1S/C23H28ClN3O2S/c24-19-2-1-3-20(13-19)30(28,29)27-11-8-18-12-17(4-5-23(18)27)21-14-22(21)26-15-16-6-9-25-10-7-16/h1-5,12-13,16,21-22,25-26H,6-11,14-15H2. The highest BCUT2D eigenvalue weighted by Crippen LogP contribution is 2.43. The van der Waals surface area contributed by atoms with E-state index >= 15 is 0 Å². The number of piperidine rings is 1. The van der Waals surface area contributed by atoms with E-state index < -0.39 is 10.0 Å². The molecule has 0 bridgehead atoms. The Morgan fingerprint density at radius 3 is 2.77 bits per heavy atom. The molecule has 5 nitrogen and oxygen atoms in total. The van der Waals surface area contributed by atoms with E-state index in [1.54, 1.807) is 18.2 Å². The second kappa shape index (κ2) is 8.15. The Labute approximate surface area is 183 Å². The lowest BCUT2D eigenvalue weighted by Crippen LogP contribution is -2.34. The van der Waals surface area contributed by atoms with Crippen LogP contribution in [0, 0.1) is 5.92 Å². The number of benzene rings is 2. The topological polar surface area (TPSA) is 61.4 Å². The van der Waals surface area contributed by atoms with Crippen LogP contribution in [-0.4, -0.2) is 40.6 Å². The van der Waals surface area contributed by atoms with Gasteiger partial charge in [0, 0.05) is 23.5 Å². The Bertz CT molecular complexity index is 1040. The summed E-state index contributed by atoms with van der Waals surface area (Å²) in [5, 5.41) is 7.61. The van der Waals surface area contributed by atoms with Crippen molar-refractivity contribution in [2.45, 2.75) is 42.5 Å². The maximum absolute atomic E-state index is 13.1. The second-order valence-corrected chi connectivity index (χ2v) is 11.0. The average molecular weight is 446 g/mol. The number of halogens is 1. The van der Waals surface area contributed by atoms with Gasteiger partial charge in [-0.25, -0.2) is 8.42 Å². The van der Waals surface area contributed by atoms with E-state index in [0.29, 0.717) is 23.5 Å². The molecule has 2 aromatic carbocycles. The summed E-state index contributed by atoms with van der Waals surface area (Å²) in [5.41, 5.74) is 3.26. The Balaban J connectivity index is 1.27. The van der Waals surface area contributed by atoms with E-state index in [0.717, 1.165) is 43.2 Å². The zero-order chi connectivity index (χ0) is 20.7. The SMILES string of the molecule is O=S(=O)(c1cccc(Cl)c1)N1CCc2cc(C3CC3NCC3CCNCC3)ccc21. The third-order valence-corrected chi connectivity index (χ3v) is 8.73. The molecule has 2 N–H and O–H groups in total. The van der Waals surface area contributed by atoms with Crippen molar-refractivity contribution in [2.75, 3.05) is 30.5 Å². The van der Waals surface area contributed by atoms with Crippen LogP contribution in [0.15, 0.2) is 47.4 Å². The molecule has 2 aromatic rings. The summed E-state index contributed by atoms with van der Waals surface area (Å²) in [5.74, 6) is 1.34. The highest BCUT2D eigenvalue weighted by molar-refractivity contribution is 7.92. The van der Waals surface area contributed by atoms with Crippen molar-refractivity contribution in [2.24, 2.45) is 5.92 Å². The summed E-state index contributed by atoms with van der Waals surface area (Å²) in [6, 6.07) is 13.4. The van der Waals surface area contributed by atoms with Crippen molar-refractivity contribution >= 4 is 27.3 Å². The van der Waals surface area contributed by atoms with Crippen molar-refractivity contribution in [1.82, 2.24) is 10.6 Å². The lowest BCUT2D eigenvalue weighted by atomic mass is 9.98. The van der Waals surface area contributed by atoms with Gasteiger partial charge in [0.25, 0.3) is 10.0 Å². The van der Waals surface area contributed by atoms with Gasteiger partial charge in [0.2, 0.25) is 0 Å². The molecule has 2 aliphatic heterocycles. The molecule has 2 unspecified atom stereocenters. The zero-order valence-corrected chi connectivity index (χ0v) is 18.6. The van der Waals surface area contributed by atoms with Gasteiger partial charge < -0.3 is 10.6 Å². The summed E-state index contributed by atoms with van der Waals surface area (Å²) >= 11 is 6.02. The first kappa shape index (κ1) is 20.3. The molecule has 1 aliphatic carbocycles. The normalized spacial score (nSPS) is 24.1. The first-order valence-corrected chi connectivity index (χ1v) is 12.7. The molecule has 1 saturated carbocycles. The van der Waals surface area contributed by atoms with E-state index in [-0.39, 0.29) is 4.90 Å². The van der Waals surface area contributed by atoms with Gasteiger partial charge in [-0.2, -0.15) is 0 Å². The largest absolute Gasteiger partial charge is 0.317 e. The monoisotopic (exact) mass is 445 g/mol. The minimum Gasteiger partial charge on any atom is -0.317 e. The minimum atomic E-state index is -3.59. The van der Waals surface area contributed by atoms with Gasteiger partial charge in [0.05, 0.1) is 10.6 Å².